The lowest BCUT2D eigenvalue weighted by atomic mass is 9.93. The van der Waals surface area contributed by atoms with Crippen LogP contribution in [0.4, 0.5) is 0 Å². The summed E-state index contributed by atoms with van der Waals surface area (Å²) in [5, 5.41) is 4.68. The Morgan fingerprint density at radius 2 is 0.678 bits per heavy atom. The monoisotopic (exact) mass is 769 g/mol. The van der Waals surface area contributed by atoms with Crippen molar-refractivity contribution in [3.8, 4) is 78.7 Å². The van der Waals surface area contributed by atoms with Gasteiger partial charge in [-0.05, 0) is 91.7 Å². The van der Waals surface area contributed by atoms with Crippen LogP contribution in [0, 0.1) is 0 Å². The maximum atomic E-state index is 5.34. The lowest BCUT2D eigenvalue weighted by Crippen LogP contribution is -2.01. The van der Waals surface area contributed by atoms with E-state index in [1.807, 2.05) is 0 Å². The van der Waals surface area contributed by atoms with Crippen molar-refractivity contribution in [1.29, 1.82) is 0 Å². The number of fused-ring (bicyclic) bond motifs is 4. The first-order valence-electron chi connectivity index (χ1n) is 19.8. The molecule has 0 unspecified atom stereocenters. The Morgan fingerprint density at radius 1 is 0.254 bits per heavy atom. The van der Waals surface area contributed by atoms with Gasteiger partial charge in [0.15, 0.2) is 17.5 Å². The molecule has 11 aromatic rings. The molecule has 0 N–H and O–H groups in total. The summed E-state index contributed by atoms with van der Waals surface area (Å²) in [4.78, 5) is 15.9. The molecule has 0 bridgehead atoms. The van der Waals surface area contributed by atoms with Gasteiger partial charge in [0.25, 0.3) is 0 Å². The molecule has 0 aliphatic rings. The van der Waals surface area contributed by atoms with Crippen molar-refractivity contribution in [3.63, 3.8) is 0 Å². The summed E-state index contributed by atoms with van der Waals surface area (Å²) in [6.45, 7) is 0. The molecule has 0 amide bonds. The van der Waals surface area contributed by atoms with Gasteiger partial charge in [-0.3, -0.25) is 0 Å². The van der Waals surface area contributed by atoms with Crippen LogP contribution in [0.2, 0.25) is 0 Å². The smallest absolute Gasteiger partial charge is 0.165 e. The van der Waals surface area contributed by atoms with Gasteiger partial charge in [0, 0.05) is 36.9 Å². The Bertz CT molecular complexity index is 3330. The van der Waals surface area contributed by atoms with Gasteiger partial charge in [-0.2, -0.15) is 0 Å². The first-order chi connectivity index (χ1) is 29.2. The third kappa shape index (κ3) is 6.46. The molecule has 3 nitrogen and oxygen atoms in total. The highest BCUT2D eigenvalue weighted by Gasteiger charge is 2.19. The van der Waals surface area contributed by atoms with E-state index in [4.69, 9.17) is 15.0 Å². The fourth-order valence-electron chi connectivity index (χ4n) is 8.26. The molecule has 4 heteroatoms. The lowest BCUT2D eigenvalue weighted by Gasteiger charge is -2.14. The Morgan fingerprint density at radius 3 is 1.36 bits per heavy atom. The van der Waals surface area contributed by atoms with Crippen LogP contribution in [0.3, 0.4) is 0 Å². The summed E-state index contributed by atoms with van der Waals surface area (Å²) >= 11 is 1.79. The van der Waals surface area contributed by atoms with Gasteiger partial charge < -0.3 is 0 Å². The summed E-state index contributed by atoms with van der Waals surface area (Å²) in [6, 6.07) is 75.2. The minimum Gasteiger partial charge on any atom is -0.208 e. The first-order valence-corrected chi connectivity index (χ1v) is 20.7. The summed E-state index contributed by atoms with van der Waals surface area (Å²) in [6.07, 6.45) is 0. The van der Waals surface area contributed by atoms with E-state index in [9.17, 15) is 0 Å². The van der Waals surface area contributed by atoms with Crippen molar-refractivity contribution in [2.75, 3.05) is 0 Å². The van der Waals surface area contributed by atoms with Gasteiger partial charge in [-0.25, -0.2) is 15.0 Å². The molecule has 0 spiro atoms. The van der Waals surface area contributed by atoms with Crippen LogP contribution in [-0.2, 0) is 0 Å². The molecule has 0 aliphatic heterocycles. The molecule has 59 heavy (non-hydrogen) atoms. The van der Waals surface area contributed by atoms with E-state index < -0.39 is 0 Å². The van der Waals surface area contributed by atoms with Crippen molar-refractivity contribution in [2.24, 2.45) is 0 Å². The van der Waals surface area contributed by atoms with Crippen LogP contribution < -0.4 is 0 Å². The van der Waals surface area contributed by atoms with E-state index in [0.29, 0.717) is 17.5 Å². The van der Waals surface area contributed by atoms with E-state index >= 15 is 0 Å². The van der Waals surface area contributed by atoms with Crippen LogP contribution >= 0.6 is 11.3 Å². The third-order valence-electron chi connectivity index (χ3n) is 11.2. The molecule has 0 aliphatic carbocycles. The Hall–Kier alpha value is -7.53. The van der Waals surface area contributed by atoms with Crippen molar-refractivity contribution >= 4 is 42.3 Å². The SMILES string of the molecule is c1ccc(-c2cccc(-c3cccc(-c4nc(-c5ccc(-c6cccc(-c7ccccc7)c6)c6ccccc56)nc(-c5cccc6c5sc5ccccc56)n4)c3)c2)cc1. The molecular formula is C55H35N3S. The standard InChI is InChI=1S/C55H35N3S/c1-3-15-36(16-4-1)38-19-11-21-40(33-38)41-22-13-24-43(35-41)53-56-54(58-55(57-53)50-29-14-28-48-47-27-9-10-30-51(47)59-52(48)50)49-32-31-44(45-25-7-8-26-46(45)49)42-23-12-20-39(34-42)37-17-5-2-6-18-37/h1-35H. The zero-order valence-electron chi connectivity index (χ0n) is 32.0. The Balaban J connectivity index is 1.09. The maximum Gasteiger partial charge on any atom is 0.165 e. The van der Waals surface area contributed by atoms with Gasteiger partial charge >= 0.3 is 0 Å². The van der Waals surface area contributed by atoms with Crippen molar-refractivity contribution in [1.82, 2.24) is 15.0 Å². The average molecular weight is 770 g/mol. The van der Waals surface area contributed by atoms with Crippen molar-refractivity contribution in [3.05, 3.63) is 212 Å². The lowest BCUT2D eigenvalue weighted by molar-refractivity contribution is 1.08. The van der Waals surface area contributed by atoms with E-state index in [0.717, 1.165) is 49.7 Å². The third-order valence-corrected chi connectivity index (χ3v) is 12.4. The topological polar surface area (TPSA) is 38.7 Å². The van der Waals surface area contributed by atoms with Gasteiger partial charge in [-0.1, -0.05) is 176 Å². The van der Waals surface area contributed by atoms with Gasteiger partial charge in [0.2, 0.25) is 0 Å². The number of nitrogens with zero attached hydrogens (tertiary/aromatic N) is 3. The zero-order chi connectivity index (χ0) is 39.1. The van der Waals surface area contributed by atoms with E-state index in [1.54, 1.807) is 11.3 Å². The van der Waals surface area contributed by atoms with Crippen LogP contribution in [0.1, 0.15) is 0 Å². The van der Waals surface area contributed by atoms with Crippen LogP contribution in [0.15, 0.2) is 212 Å². The number of hydrogen-bond donors (Lipinski definition) is 0. The number of hydrogen-bond acceptors (Lipinski definition) is 4. The van der Waals surface area contributed by atoms with E-state index in [2.05, 4.69) is 212 Å². The molecule has 0 saturated heterocycles. The predicted molar refractivity (Wildman–Crippen MR) is 248 cm³/mol. The molecule has 2 heterocycles. The number of aromatic nitrogens is 3. The van der Waals surface area contributed by atoms with Crippen LogP contribution in [-0.4, -0.2) is 15.0 Å². The normalized spacial score (nSPS) is 11.4. The van der Waals surface area contributed by atoms with Gasteiger partial charge in [-0.15, -0.1) is 11.3 Å². The molecule has 0 fully saturated rings. The maximum absolute atomic E-state index is 5.34. The summed E-state index contributed by atoms with van der Waals surface area (Å²) in [5.41, 5.74) is 12.2. The van der Waals surface area contributed by atoms with Crippen LogP contribution in [0.5, 0.6) is 0 Å². The molecular weight excluding hydrogens is 735 g/mol. The summed E-state index contributed by atoms with van der Waals surface area (Å²) < 4.78 is 2.41. The number of rotatable bonds is 7. The molecule has 0 saturated carbocycles. The Labute approximate surface area is 346 Å². The second-order valence-corrected chi connectivity index (χ2v) is 15.8. The molecule has 0 radical (unpaired) electrons. The molecule has 276 valence electrons. The van der Waals surface area contributed by atoms with Crippen molar-refractivity contribution < 1.29 is 0 Å². The fraction of sp³-hybridized carbons (Fsp3) is 0. The quantitative estimate of drug-likeness (QED) is 0.162. The highest BCUT2D eigenvalue weighted by Crippen LogP contribution is 2.41. The minimum absolute atomic E-state index is 0.632. The van der Waals surface area contributed by atoms with Crippen LogP contribution in [0.25, 0.3) is 110 Å². The van der Waals surface area contributed by atoms with Gasteiger partial charge in [0.05, 0.1) is 0 Å². The highest BCUT2D eigenvalue weighted by molar-refractivity contribution is 7.26. The highest BCUT2D eigenvalue weighted by atomic mass is 32.1. The summed E-state index contributed by atoms with van der Waals surface area (Å²) in [5.74, 6) is 1.93. The number of thiophene rings is 1. The van der Waals surface area contributed by atoms with Gasteiger partial charge in [0.1, 0.15) is 0 Å². The Kier molecular flexibility index (Phi) is 8.68. The number of benzene rings is 9. The second-order valence-electron chi connectivity index (χ2n) is 14.8. The molecule has 2 aromatic heterocycles. The fourth-order valence-corrected chi connectivity index (χ4v) is 9.47. The first kappa shape index (κ1) is 34.7. The zero-order valence-corrected chi connectivity index (χ0v) is 32.8. The molecule has 9 aromatic carbocycles. The minimum atomic E-state index is 0.632. The summed E-state index contributed by atoms with van der Waals surface area (Å²) in [7, 11) is 0. The second kappa shape index (κ2) is 14.8. The van der Waals surface area contributed by atoms with Crippen molar-refractivity contribution in [2.45, 2.75) is 0 Å². The van der Waals surface area contributed by atoms with E-state index in [1.165, 1.54) is 42.4 Å². The van der Waals surface area contributed by atoms with E-state index in [-0.39, 0.29) is 0 Å². The predicted octanol–water partition coefficient (Wildman–Crippen LogP) is 15.1. The largest absolute Gasteiger partial charge is 0.208 e. The average Bonchev–Trinajstić information content (AvgIpc) is 3.71. The molecule has 11 rings (SSSR count). The molecule has 0 atom stereocenters.